The van der Waals surface area contributed by atoms with Gasteiger partial charge in [0.1, 0.15) is 28.4 Å². The van der Waals surface area contributed by atoms with E-state index in [4.69, 9.17) is 18.0 Å². The molecule has 0 radical (unpaired) electrons. The molecule has 10 nitrogen and oxygen atoms in total. The molecule has 0 spiro atoms. The summed E-state index contributed by atoms with van der Waals surface area (Å²) in [5.74, 6) is 0.418. The standard InChI is InChI=1S/C32H20O10/c33-19-2-5-25-21(13-19)16(11-28(35)39-25)7-15-1-4-27-23(8-15)30-24(32(38)41-27)10-18(31(37)42-30)9-17-12-29(36)40-26-6-3-20(34)14-22(17)26/h1-6,8,10-14,32-34,38H,7,9H2. The van der Waals surface area contributed by atoms with Crippen LogP contribution in [0.15, 0.2) is 100 Å². The van der Waals surface area contributed by atoms with E-state index in [0.29, 0.717) is 38.8 Å². The van der Waals surface area contributed by atoms with Crippen LogP contribution in [0.3, 0.4) is 0 Å². The van der Waals surface area contributed by atoms with Crippen molar-refractivity contribution in [2.45, 2.75) is 19.1 Å². The molecule has 1 atom stereocenters. The van der Waals surface area contributed by atoms with E-state index < -0.39 is 23.2 Å². The maximum Gasteiger partial charge on any atom is 0.339 e. The molecule has 1 aliphatic rings. The van der Waals surface area contributed by atoms with Gasteiger partial charge in [-0.3, -0.25) is 0 Å². The summed E-state index contributed by atoms with van der Waals surface area (Å²) >= 11 is 0. The maximum atomic E-state index is 13.2. The summed E-state index contributed by atoms with van der Waals surface area (Å²) in [6.45, 7) is 0. The van der Waals surface area contributed by atoms with Crippen molar-refractivity contribution in [1.29, 1.82) is 0 Å². The number of aliphatic hydroxyl groups is 1. The van der Waals surface area contributed by atoms with Gasteiger partial charge in [-0.25, -0.2) is 14.4 Å². The molecule has 42 heavy (non-hydrogen) atoms. The van der Waals surface area contributed by atoms with Gasteiger partial charge in [0.2, 0.25) is 6.29 Å². The lowest BCUT2D eigenvalue weighted by atomic mass is 9.95. The predicted octanol–water partition coefficient (Wildman–Crippen LogP) is 4.50. The van der Waals surface area contributed by atoms with Crippen molar-refractivity contribution in [3.63, 3.8) is 0 Å². The number of fused-ring (bicyclic) bond motifs is 5. The Labute approximate surface area is 234 Å². The van der Waals surface area contributed by atoms with Crippen molar-refractivity contribution in [3.8, 4) is 28.6 Å². The number of hydrogen-bond donors (Lipinski definition) is 3. The van der Waals surface area contributed by atoms with Crippen LogP contribution in [-0.4, -0.2) is 15.3 Å². The smallest absolute Gasteiger partial charge is 0.339 e. The molecule has 6 aromatic rings. The number of aliphatic hydroxyl groups excluding tert-OH is 1. The first-order valence-corrected chi connectivity index (χ1v) is 12.9. The number of phenols is 2. The molecular formula is C32H20O10. The Morgan fingerprint density at radius 2 is 1.26 bits per heavy atom. The van der Waals surface area contributed by atoms with Gasteiger partial charge < -0.3 is 33.3 Å². The highest BCUT2D eigenvalue weighted by molar-refractivity contribution is 5.83. The van der Waals surface area contributed by atoms with Crippen LogP contribution in [0, 0.1) is 0 Å². The van der Waals surface area contributed by atoms with Crippen molar-refractivity contribution in [2.75, 3.05) is 0 Å². The fourth-order valence-electron chi connectivity index (χ4n) is 5.35. The van der Waals surface area contributed by atoms with Crippen LogP contribution in [0.1, 0.15) is 34.1 Å². The molecule has 0 saturated heterocycles. The van der Waals surface area contributed by atoms with E-state index in [1.807, 2.05) is 0 Å². The van der Waals surface area contributed by atoms with Gasteiger partial charge in [-0.05, 0) is 77.7 Å². The molecule has 0 aliphatic carbocycles. The van der Waals surface area contributed by atoms with Crippen LogP contribution in [0.25, 0.3) is 33.3 Å². The summed E-state index contributed by atoms with van der Waals surface area (Å²) in [5.41, 5.74) is 1.37. The summed E-state index contributed by atoms with van der Waals surface area (Å²) in [6.07, 6.45) is -1.17. The zero-order chi connectivity index (χ0) is 29.1. The zero-order valence-corrected chi connectivity index (χ0v) is 21.6. The molecule has 3 aromatic heterocycles. The number of phenolic OH excluding ortho intramolecular Hbond substituents is 2. The van der Waals surface area contributed by atoms with Gasteiger partial charge in [-0.2, -0.15) is 0 Å². The Bertz CT molecular complexity index is 2240. The highest BCUT2D eigenvalue weighted by atomic mass is 16.6. The summed E-state index contributed by atoms with van der Waals surface area (Å²) in [7, 11) is 0. The van der Waals surface area contributed by atoms with Crippen molar-refractivity contribution in [3.05, 3.63) is 132 Å². The van der Waals surface area contributed by atoms with E-state index in [1.54, 1.807) is 18.2 Å². The van der Waals surface area contributed by atoms with Crippen LogP contribution in [0.2, 0.25) is 0 Å². The molecule has 0 fully saturated rings. The van der Waals surface area contributed by atoms with E-state index in [9.17, 15) is 29.7 Å². The lowest BCUT2D eigenvalue weighted by molar-refractivity contribution is -0.0232. The SMILES string of the molecule is O=c1cc(Cc2ccc3c(c2)-c2oc(=O)c(Cc4cc(=O)oc5ccc(O)cc45)cc2C(O)O3)c2cc(O)ccc2o1. The average molecular weight is 565 g/mol. The van der Waals surface area contributed by atoms with Gasteiger partial charge in [0.15, 0.2) is 5.76 Å². The lowest BCUT2D eigenvalue weighted by Gasteiger charge is -2.24. The molecule has 0 amide bonds. The quantitative estimate of drug-likeness (QED) is 0.260. The Kier molecular flexibility index (Phi) is 5.73. The third-order valence-electron chi connectivity index (χ3n) is 7.24. The first-order chi connectivity index (χ1) is 20.2. The first kappa shape index (κ1) is 25.4. The molecule has 4 heterocycles. The minimum absolute atomic E-state index is 0.0260. The second-order valence-electron chi connectivity index (χ2n) is 10.0. The Morgan fingerprint density at radius 3 is 1.90 bits per heavy atom. The maximum absolute atomic E-state index is 13.2. The third kappa shape index (κ3) is 4.40. The fourth-order valence-corrected chi connectivity index (χ4v) is 5.35. The molecule has 3 aromatic carbocycles. The summed E-state index contributed by atoms with van der Waals surface area (Å²) in [5, 5.41) is 31.7. The number of hydrogen-bond acceptors (Lipinski definition) is 10. The van der Waals surface area contributed by atoms with Crippen LogP contribution < -0.4 is 21.6 Å². The first-order valence-electron chi connectivity index (χ1n) is 12.9. The van der Waals surface area contributed by atoms with Crippen molar-refractivity contribution in [1.82, 2.24) is 0 Å². The predicted molar refractivity (Wildman–Crippen MR) is 150 cm³/mol. The fraction of sp³-hybridized carbons (Fsp3) is 0.0938. The highest BCUT2D eigenvalue weighted by Gasteiger charge is 2.29. The Morgan fingerprint density at radius 1 is 0.643 bits per heavy atom. The molecule has 3 N–H and O–H groups in total. The summed E-state index contributed by atoms with van der Waals surface area (Å²) < 4.78 is 21.9. The van der Waals surface area contributed by atoms with Crippen LogP contribution in [0.4, 0.5) is 0 Å². The summed E-state index contributed by atoms with van der Waals surface area (Å²) in [4.78, 5) is 37.5. The van der Waals surface area contributed by atoms with Crippen molar-refractivity contribution in [2.24, 2.45) is 0 Å². The van der Waals surface area contributed by atoms with Crippen molar-refractivity contribution < 1.29 is 33.3 Å². The minimum atomic E-state index is -1.42. The zero-order valence-electron chi connectivity index (χ0n) is 21.6. The molecular weight excluding hydrogens is 544 g/mol. The number of ether oxygens (including phenoxy) is 1. The second kappa shape index (κ2) is 9.50. The van der Waals surface area contributed by atoms with Crippen LogP contribution >= 0.6 is 0 Å². The number of rotatable bonds is 4. The molecule has 10 heteroatoms. The molecule has 1 unspecified atom stereocenters. The van der Waals surface area contributed by atoms with E-state index >= 15 is 0 Å². The topological polar surface area (TPSA) is 161 Å². The van der Waals surface area contributed by atoms with Crippen molar-refractivity contribution >= 4 is 21.9 Å². The van der Waals surface area contributed by atoms with Gasteiger partial charge >= 0.3 is 16.9 Å². The number of benzene rings is 3. The lowest BCUT2D eigenvalue weighted by Crippen LogP contribution is -2.19. The molecule has 1 aliphatic heterocycles. The Hall–Kier alpha value is -5.61. The largest absolute Gasteiger partial charge is 0.508 e. The minimum Gasteiger partial charge on any atom is -0.508 e. The van der Waals surface area contributed by atoms with Gasteiger partial charge in [0.25, 0.3) is 0 Å². The molecule has 0 bridgehead atoms. The normalized spacial score (nSPS) is 14.0. The third-order valence-corrected chi connectivity index (χ3v) is 7.24. The highest BCUT2D eigenvalue weighted by Crippen LogP contribution is 2.42. The Balaban J connectivity index is 1.29. The number of aromatic hydroxyl groups is 2. The second-order valence-corrected chi connectivity index (χ2v) is 10.0. The van der Waals surface area contributed by atoms with Crippen LogP contribution in [0.5, 0.6) is 17.2 Å². The monoisotopic (exact) mass is 564 g/mol. The van der Waals surface area contributed by atoms with E-state index in [2.05, 4.69) is 0 Å². The average Bonchev–Trinajstić information content (AvgIpc) is 2.95. The van der Waals surface area contributed by atoms with E-state index in [-0.39, 0.29) is 46.8 Å². The van der Waals surface area contributed by atoms with Gasteiger partial charge in [0.05, 0.1) is 11.1 Å². The molecule has 7 rings (SSSR count). The van der Waals surface area contributed by atoms with Crippen LogP contribution in [-0.2, 0) is 12.8 Å². The molecule has 0 saturated carbocycles. The van der Waals surface area contributed by atoms with E-state index in [1.165, 1.54) is 54.6 Å². The van der Waals surface area contributed by atoms with E-state index in [0.717, 1.165) is 5.56 Å². The van der Waals surface area contributed by atoms with Gasteiger partial charge in [-0.1, -0.05) is 6.07 Å². The molecule has 208 valence electrons. The van der Waals surface area contributed by atoms with Gasteiger partial charge in [0, 0.05) is 34.9 Å². The van der Waals surface area contributed by atoms with Gasteiger partial charge in [-0.15, -0.1) is 0 Å². The summed E-state index contributed by atoms with van der Waals surface area (Å²) in [6, 6.07) is 18.0.